The molecule has 0 aromatic carbocycles. The van der Waals surface area contributed by atoms with E-state index in [0.29, 0.717) is 5.69 Å². The van der Waals surface area contributed by atoms with Crippen LogP contribution in [0.5, 0.6) is 0 Å². The number of carbonyl (C=O) groups excluding carboxylic acids is 1. The highest BCUT2D eigenvalue weighted by molar-refractivity contribution is 7.12. The quantitative estimate of drug-likeness (QED) is 0.751. The minimum atomic E-state index is -1.03. The van der Waals surface area contributed by atoms with E-state index in [1.165, 1.54) is 6.08 Å². The molecule has 0 saturated carbocycles. The van der Waals surface area contributed by atoms with Gasteiger partial charge < -0.3 is 10.4 Å². The van der Waals surface area contributed by atoms with Crippen LogP contribution in [0, 0.1) is 0 Å². The van der Waals surface area contributed by atoms with Crippen LogP contribution in [0.3, 0.4) is 0 Å². The van der Waals surface area contributed by atoms with E-state index in [2.05, 4.69) is 5.32 Å². The largest absolute Gasteiger partial charge is 0.477 e. The second-order valence-corrected chi connectivity index (χ2v) is 3.37. The van der Waals surface area contributed by atoms with E-state index in [1.54, 1.807) is 24.4 Å². The molecule has 1 aromatic rings. The van der Waals surface area contributed by atoms with Crippen molar-refractivity contribution >= 4 is 28.9 Å². The molecule has 0 aliphatic heterocycles. The van der Waals surface area contributed by atoms with E-state index >= 15 is 0 Å². The summed E-state index contributed by atoms with van der Waals surface area (Å²) in [6, 6.07) is 1.56. The normalized spacial score (nSPS) is 10.4. The molecule has 4 nitrogen and oxygen atoms in total. The van der Waals surface area contributed by atoms with Crippen LogP contribution in [-0.4, -0.2) is 17.0 Å². The lowest BCUT2D eigenvalue weighted by Gasteiger charge is -1.99. The maximum atomic E-state index is 11.1. The van der Waals surface area contributed by atoms with Crippen LogP contribution < -0.4 is 5.32 Å². The highest BCUT2D eigenvalue weighted by Crippen LogP contribution is 2.21. The topological polar surface area (TPSA) is 66.4 Å². The molecular formula is C9H9NO3S. The Kier molecular flexibility index (Phi) is 3.41. The third-order valence-corrected chi connectivity index (χ3v) is 2.34. The predicted molar refractivity (Wildman–Crippen MR) is 54.7 cm³/mol. The lowest BCUT2D eigenvalue weighted by molar-refractivity contribution is -0.111. The van der Waals surface area contributed by atoms with Gasteiger partial charge in [0.05, 0.1) is 5.69 Å². The number of amides is 1. The first-order valence-electron chi connectivity index (χ1n) is 3.89. The first kappa shape index (κ1) is 10.5. The number of carboxylic acid groups (broad SMARTS) is 1. The van der Waals surface area contributed by atoms with Gasteiger partial charge in [0.1, 0.15) is 4.88 Å². The maximum Gasteiger partial charge on any atom is 0.348 e. The SMILES string of the molecule is C/C=C/C(=O)Nc1ccsc1C(=O)O. The molecule has 0 aliphatic carbocycles. The Labute approximate surface area is 84.9 Å². The minimum Gasteiger partial charge on any atom is -0.477 e. The average Bonchev–Trinajstić information content (AvgIpc) is 2.52. The average molecular weight is 211 g/mol. The second-order valence-electron chi connectivity index (χ2n) is 2.46. The fraction of sp³-hybridized carbons (Fsp3) is 0.111. The first-order chi connectivity index (χ1) is 6.65. The van der Waals surface area contributed by atoms with E-state index < -0.39 is 5.97 Å². The van der Waals surface area contributed by atoms with Crippen LogP contribution >= 0.6 is 11.3 Å². The summed E-state index contributed by atoms with van der Waals surface area (Å²) < 4.78 is 0. The summed E-state index contributed by atoms with van der Waals surface area (Å²) in [6.45, 7) is 1.71. The van der Waals surface area contributed by atoms with Crippen molar-refractivity contribution in [3.8, 4) is 0 Å². The molecule has 1 heterocycles. The van der Waals surface area contributed by atoms with E-state index in [-0.39, 0.29) is 10.8 Å². The molecule has 1 amide bonds. The molecular weight excluding hydrogens is 202 g/mol. The molecule has 1 rings (SSSR count). The van der Waals surface area contributed by atoms with Gasteiger partial charge in [-0.1, -0.05) is 6.08 Å². The zero-order valence-corrected chi connectivity index (χ0v) is 8.30. The Hall–Kier alpha value is -1.62. The number of carboxylic acids is 1. The molecule has 0 saturated heterocycles. The van der Waals surface area contributed by atoms with Gasteiger partial charge in [0.2, 0.25) is 5.91 Å². The summed E-state index contributed by atoms with van der Waals surface area (Å²) in [5.74, 6) is -1.36. The van der Waals surface area contributed by atoms with Gasteiger partial charge in [0, 0.05) is 0 Å². The Morgan fingerprint density at radius 3 is 2.86 bits per heavy atom. The smallest absolute Gasteiger partial charge is 0.348 e. The molecule has 0 atom stereocenters. The van der Waals surface area contributed by atoms with Crippen LogP contribution in [0.15, 0.2) is 23.6 Å². The van der Waals surface area contributed by atoms with Gasteiger partial charge in [0.15, 0.2) is 0 Å². The number of allylic oxidation sites excluding steroid dienone is 1. The molecule has 0 radical (unpaired) electrons. The number of rotatable bonds is 3. The summed E-state index contributed by atoms with van der Waals surface area (Å²) >= 11 is 1.08. The van der Waals surface area contributed by atoms with Crippen LogP contribution in [0.25, 0.3) is 0 Å². The number of hydrogen-bond donors (Lipinski definition) is 2. The third-order valence-electron chi connectivity index (χ3n) is 1.44. The monoisotopic (exact) mass is 211 g/mol. The molecule has 0 bridgehead atoms. The summed E-state index contributed by atoms with van der Waals surface area (Å²) in [5.41, 5.74) is 0.339. The summed E-state index contributed by atoms with van der Waals surface area (Å²) in [4.78, 5) is 21.9. The zero-order valence-electron chi connectivity index (χ0n) is 7.48. The van der Waals surface area contributed by atoms with Crippen molar-refractivity contribution in [3.63, 3.8) is 0 Å². The van der Waals surface area contributed by atoms with Gasteiger partial charge in [-0.25, -0.2) is 4.79 Å². The van der Waals surface area contributed by atoms with E-state index in [0.717, 1.165) is 11.3 Å². The maximum absolute atomic E-state index is 11.1. The summed E-state index contributed by atoms with van der Waals surface area (Å²) in [5, 5.41) is 12.8. The molecule has 0 aliphatic rings. The van der Waals surface area contributed by atoms with Crippen molar-refractivity contribution in [2.45, 2.75) is 6.92 Å². The van der Waals surface area contributed by atoms with Gasteiger partial charge in [-0.3, -0.25) is 4.79 Å². The fourth-order valence-corrected chi connectivity index (χ4v) is 1.59. The lowest BCUT2D eigenvalue weighted by atomic mass is 10.3. The number of anilines is 1. The number of thiophene rings is 1. The van der Waals surface area contributed by atoms with Crippen LogP contribution in [-0.2, 0) is 4.79 Å². The first-order valence-corrected chi connectivity index (χ1v) is 4.77. The Morgan fingerprint density at radius 2 is 2.29 bits per heavy atom. The van der Waals surface area contributed by atoms with E-state index in [1.807, 2.05) is 0 Å². The minimum absolute atomic E-state index is 0.142. The molecule has 2 N–H and O–H groups in total. The molecule has 74 valence electrons. The molecule has 14 heavy (non-hydrogen) atoms. The van der Waals surface area contributed by atoms with Crippen molar-refractivity contribution in [1.29, 1.82) is 0 Å². The van der Waals surface area contributed by atoms with Crippen molar-refractivity contribution in [2.24, 2.45) is 0 Å². The van der Waals surface area contributed by atoms with Crippen LogP contribution in [0.2, 0.25) is 0 Å². The Bertz CT molecular complexity index is 381. The number of hydrogen-bond acceptors (Lipinski definition) is 3. The second kappa shape index (κ2) is 4.57. The van der Waals surface area contributed by atoms with E-state index in [9.17, 15) is 9.59 Å². The summed E-state index contributed by atoms with van der Waals surface area (Å²) in [7, 11) is 0. The number of carbonyl (C=O) groups is 2. The molecule has 5 heteroatoms. The molecule has 0 unspecified atom stereocenters. The Morgan fingerprint density at radius 1 is 1.57 bits per heavy atom. The van der Waals surface area contributed by atoms with Crippen LogP contribution in [0.4, 0.5) is 5.69 Å². The highest BCUT2D eigenvalue weighted by Gasteiger charge is 2.12. The molecule has 1 aromatic heterocycles. The van der Waals surface area contributed by atoms with Gasteiger partial charge in [-0.2, -0.15) is 0 Å². The number of nitrogens with one attached hydrogen (secondary N) is 1. The van der Waals surface area contributed by atoms with Crippen LogP contribution in [0.1, 0.15) is 16.6 Å². The third kappa shape index (κ3) is 2.43. The standard InChI is InChI=1S/C9H9NO3S/c1-2-3-7(11)10-6-4-5-14-8(6)9(12)13/h2-5H,1H3,(H,10,11)(H,12,13)/b3-2+. The van der Waals surface area contributed by atoms with Gasteiger partial charge in [0.25, 0.3) is 0 Å². The zero-order chi connectivity index (χ0) is 10.6. The predicted octanol–water partition coefficient (Wildman–Crippen LogP) is 1.96. The summed E-state index contributed by atoms with van der Waals surface area (Å²) in [6.07, 6.45) is 2.92. The van der Waals surface area contributed by atoms with Crippen molar-refractivity contribution < 1.29 is 14.7 Å². The van der Waals surface area contributed by atoms with Crippen molar-refractivity contribution in [1.82, 2.24) is 0 Å². The lowest BCUT2D eigenvalue weighted by Crippen LogP contribution is -2.09. The fourth-order valence-electron chi connectivity index (χ4n) is 0.899. The van der Waals surface area contributed by atoms with Gasteiger partial charge in [-0.05, 0) is 24.4 Å². The number of aromatic carboxylic acids is 1. The van der Waals surface area contributed by atoms with Gasteiger partial charge >= 0.3 is 5.97 Å². The molecule has 0 spiro atoms. The van der Waals surface area contributed by atoms with Crippen molar-refractivity contribution in [3.05, 3.63) is 28.5 Å². The van der Waals surface area contributed by atoms with Gasteiger partial charge in [-0.15, -0.1) is 11.3 Å². The van der Waals surface area contributed by atoms with Crippen molar-refractivity contribution in [2.75, 3.05) is 5.32 Å². The highest BCUT2D eigenvalue weighted by atomic mass is 32.1. The van der Waals surface area contributed by atoms with E-state index in [4.69, 9.17) is 5.11 Å². The Balaban J connectivity index is 2.81. The molecule has 0 fully saturated rings.